The van der Waals surface area contributed by atoms with Crippen LogP contribution in [0.1, 0.15) is 57.1 Å². The van der Waals surface area contributed by atoms with Crippen molar-refractivity contribution in [2.24, 2.45) is 11.7 Å². The summed E-state index contributed by atoms with van der Waals surface area (Å²) in [6.07, 6.45) is 3.36. The summed E-state index contributed by atoms with van der Waals surface area (Å²) in [5, 5.41) is 6.65. The van der Waals surface area contributed by atoms with Gasteiger partial charge in [-0.2, -0.15) is 5.06 Å². The van der Waals surface area contributed by atoms with Crippen LogP contribution in [-0.2, 0) is 32.1 Å². The molecule has 4 rings (SSSR count). The monoisotopic (exact) mass is 577 g/mol. The van der Waals surface area contributed by atoms with Crippen LogP contribution in [0.2, 0.25) is 0 Å². The minimum atomic E-state index is -0.840. The molecule has 2 heterocycles. The molecule has 0 aliphatic carbocycles. The van der Waals surface area contributed by atoms with Crippen LogP contribution in [-0.4, -0.2) is 71.0 Å². The highest BCUT2D eigenvalue weighted by atomic mass is 16.7. The standard InChI is InChI=1S/C32H43N5O5/c1-22(2)29(36-19-9-18-34-32(36)41)30(39)37(42-31(40)27-16-17-28(38)35-27)26(21-24-12-7-4-8-13-24)15-14-25(33)20-23-10-5-3-6-11-23/h3-8,10-13,22,25-27,29H,9,14-21,33H2,1-2H3,(H,34,41)(H,35,38)/t25-,26+,27-,29+/m0/s1. The third kappa shape index (κ3) is 8.31. The lowest BCUT2D eigenvalue weighted by atomic mass is 9.94. The van der Waals surface area contributed by atoms with E-state index < -0.39 is 30.0 Å². The molecular formula is C32H43N5O5. The Bertz CT molecular complexity index is 1210. The van der Waals surface area contributed by atoms with Crippen molar-refractivity contribution in [3.63, 3.8) is 0 Å². The SMILES string of the molecule is CC(C)[C@H](C(=O)N(OC(=O)[C@@H]1CCC(=O)N1)[C@H](CC[C@H](N)Cc1ccccc1)Cc1ccccc1)N1CCCNC1=O. The number of hydrogen-bond donors (Lipinski definition) is 3. The van der Waals surface area contributed by atoms with Crippen LogP contribution >= 0.6 is 0 Å². The lowest BCUT2D eigenvalue weighted by Crippen LogP contribution is -2.60. The number of nitrogens with one attached hydrogen (secondary N) is 2. The van der Waals surface area contributed by atoms with Crippen molar-refractivity contribution in [1.82, 2.24) is 20.6 Å². The van der Waals surface area contributed by atoms with Crippen LogP contribution in [0.15, 0.2) is 60.7 Å². The molecule has 0 bridgehead atoms. The summed E-state index contributed by atoms with van der Waals surface area (Å²) in [5.41, 5.74) is 8.66. The highest BCUT2D eigenvalue weighted by Gasteiger charge is 2.42. The minimum absolute atomic E-state index is 0.179. The van der Waals surface area contributed by atoms with E-state index in [4.69, 9.17) is 10.6 Å². The first-order chi connectivity index (χ1) is 20.2. The fourth-order valence-corrected chi connectivity index (χ4v) is 5.69. The highest BCUT2D eigenvalue weighted by molar-refractivity contribution is 5.90. The quantitative estimate of drug-likeness (QED) is 0.332. The maximum Gasteiger partial charge on any atom is 0.354 e. The zero-order chi connectivity index (χ0) is 30.1. The molecule has 10 heteroatoms. The van der Waals surface area contributed by atoms with Crippen molar-refractivity contribution in [2.75, 3.05) is 13.1 Å². The van der Waals surface area contributed by atoms with Gasteiger partial charge >= 0.3 is 12.0 Å². The minimum Gasteiger partial charge on any atom is -0.343 e. The Hall–Kier alpha value is -3.92. The van der Waals surface area contributed by atoms with E-state index in [1.54, 1.807) is 0 Å². The smallest absolute Gasteiger partial charge is 0.343 e. The van der Waals surface area contributed by atoms with Gasteiger partial charge in [-0.05, 0) is 55.6 Å². The summed E-state index contributed by atoms with van der Waals surface area (Å²) in [4.78, 5) is 59.9. The number of rotatable bonds is 12. The van der Waals surface area contributed by atoms with Crippen molar-refractivity contribution < 1.29 is 24.0 Å². The number of urea groups is 1. The normalized spacial score (nSPS) is 19.0. The average molecular weight is 578 g/mol. The molecule has 2 aliphatic rings. The van der Waals surface area contributed by atoms with Gasteiger partial charge in [-0.1, -0.05) is 74.5 Å². The van der Waals surface area contributed by atoms with Crippen LogP contribution in [0.3, 0.4) is 0 Å². The number of hydrogen-bond acceptors (Lipinski definition) is 6. The molecule has 2 aliphatic heterocycles. The van der Waals surface area contributed by atoms with E-state index in [2.05, 4.69) is 10.6 Å². The average Bonchev–Trinajstić information content (AvgIpc) is 3.42. The number of benzene rings is 2. The van der Waals surface area contributed by atoms with Crippen LogP contribution in [0, 0.1) is 5.92 Å². The second-order valence-corrected chi connectivity index (χ2v) is 11.6. The summed E-state index contributed by atoms with van der Waals surface area (Å²) in [6, 6.07) is 17.0. The molecular weight excluding hydrogens is 534 g/mol. The molecule has 2 saturated heterocycles. The van der Waals surface area contributed by atoms with Crippen molar-refractivity contribution >= 4 is 23.8 Å². The molecule has 4 atom stereocenters. The van der Waals surface area contributed by atoms with Gasteiger partial charge in [-0.3, -0.25) is 9.59 Å². The maximum atomic E-state index is 14.4. The van der Waals surface area contributed by atoms with E-state index in [-0.39, 0.29) is 30.3 Å². The van der Waals surface area contributed by atoms with E-state index in [1.165, 1.54) is 9.96 Å². The number of nitrogens with zero attached hydrogens (tertiary/aromatic N) is 2. The topological polar surface area (TPSA) is 134 Å². The maximum absolute atomic E-state index is 14.4. The molecule has 42 heavy (non-hydrogen) atoms. The number of nitrogens with two attached hydrogens (primary N) is 1. The first-order valence-electron chi connectivity index (χ1n) is 14.9. The molecule has 4 N–H and O–H groups in total. The zero-order valence-corrected chi connectivity index (χ0v) is 24.5. The Morgan fingerprint density at radius 3 is 2.21 bits per heavy atom. The van der Waals surface area contributed by atoms with Gasteiger partial charge < -0.3 is 26.1 Å². The fraction of sp³-hybridized carbons (Fsp3) is 0.500. The van der Waals surface area contributed by atoms with Gasteiger partial charge in [0.05, 0.1) is 6.04 Å². The van der Waals surface area contributed by atoms with Crippen LogP contribution < -0.4 is 16.4 Å². The van der Waals surface area contributed by atoms with Gasteiger partial charge in [-0.15, -0.1) is 0 Å². The van der Waals surface area contributed by atoms with Gasteiger partial charge in [0.25, 0.3) is 5.91 Å². The molecule has 0 unspecified atom stereocenters. The zero-order valence-electron chi connectivity index (χ0n) is 24.5. The number of carbonyl (C=O) groups excluding carboxylic acids is 4. The van der Waals surface area contributed by atoms with Crippen LogP contribution in [0.25, 0.3) is 0 Å². The van der Waals surface area contributed by atoms with E-state index in [9.17, 15) is 19.2 Å². The second-order valence-electron chi connectivity index (χ2n) is 11.6. The van der Waals surface area contributed by atoms with Crippen LogP contribution in [0.4, 0.5) is 4.79 Å². The first kappa shape index (κ1) is 31.0. The van der Waals surface area contributed by atoms with Gasteiger partial charge in [0.2, 0.25) is 5.91 Å². The summed E-state index contributed by atoms with van der Waals surface area (Å²) in [6.45, 7) is 4.73. The second kappa shape index (κ2) is 14.8. The highest BCUT2D eigenvalue weighted by Crippen LogP contribution is 2.24. The third-order valence-electron chi connectivity index (χ3n) is 7.88. The molecule has 226 valence electrons. The number of amides is 4. The van der Waals surface area contributed by atoms with Gasteiger partial charge in [0.15, 0.2) is 0 Å². The number of hydroxylamine groups is 2. The lowest BCUT2D eigenvalue weighted by molar-refractivity contribution is -0.213. The summed E-state index contributed by atoms with van der Waals surface area (Å²) >= 11 is 0. The molecule has 2 aromatic carbocycles. The Kier molecular flexibility index (Phi) is 10.9. The molecule has 2 aromatic rings. The van der Waals surface area contributed by atoms with Crippen molar-refractivity contribution in [2.45, 2.75) is 83.0 Å². The number of carbonyl (C=O) groups is 4. The third-order valence-corrected chi connectivity index (χ3v) is 7.88. The van der Waals surface area contributed by atoms with Crippen molar-refractivity contribution in [3.05, 3.63) is 71.8 Å². The largest absolute Gasteiger partial charge is 0.354 e. The predicted octanol–water partition coefficient (Wildman–Crippen LogP) is 2.95. The van der Waals surface area contributed by atoms with E-state index in [0.717, 1.165) is 11.1 Å². The Balaban J connectivity index is 1.63. The van der Waals surface area contributed by atoms with E-state index in [1.807, 2.05) is 74.5 Å². The Morgan fingerprint density at radius 2 is 1.64 bits per heavy atom. The molecule has 0 aromatic heterocycles. The molecule has 2 fully saturated rings. The Morgan fingerprint density at radius 1 is 1.00 bits per heavy atom. The fourth-order valence-electron chi connectivity index (χ4n) is 5.69. The summed E-state index contributed by atoms with van der Waals surface area (Å²) in [7, 11) is 0. The molecule has 0 spiro atoms. The van der Waals surface area contributed by atoms with E-state index >= 15 is 0 Å². The molecule has 0 radical (unpaired) electrons. The summed E-state index contributed by atoms with van der Waals surface area (Å²) in [5.74, 6) is -1.62. The predicted molar refractivity (Wildman–Crippen MR) is 159 cm³/mol. The summed E-state index contributed by atoms with van der Waals surface area (Å²) < 4.78 is 0. The van der Waals surface area contributed by atoms with Crippen molar-refractivity contribution in [3.8, 4) is 0 Å². The van der Waals surface area contributed by atoms with E-state index in [0.29, 0.717) is 51.6 Å². The molecule has 0 saturated carbocycles. The van der Waals surface area contributed by atoms with Gasteiger partial charge in [0, 0.05) is 25.6 Å². The molecule has 4 amide bonds. The van der Waals surface area contributed by atoms with Gasteiger partial charge in [0.1, 0.15) is 12.1 Å². The molecule has 10 nitrogen and oxygen atoms in total. The first-order valence-corrected chi connectivity index (χ1v) is 14.9. The van der Waals surface area contributed by atoms with Crippen molar-refractivity contribution in [1.29, 1.82) is 0 Å². The van der Waals surface area contributed by atoms with Gasteiger partial charge in [-0.25, -0.2) is 9.59 Å². The van der Waals surface area contributed by atoms with Crippen LogP contribution in [0.5, 0.6) is 0 Å². The Labute approximate surface area is 247 Å². The lowest BCUT2D eigenvalue weighted by Gasteiger charge is -2.40.